The van der Waals surface area contributed by atoms with E-state index in [2.05, 4.69) is 4.98 Å². The first kappa shape index (κ1) is 12.5. The first-order valence-electron chi connectivity index (χ1n) is 5.42. The smallest absolute Gasteiger partial charge is 0.270 e. The Kier molecular flexibility index (Phi) is 3.12. The highest BCUT2D eigenvalue weighted by Crippen LogP contribution is 2.25. The second kappa shape index (κ2) is 4.74. The highest BCUT2D eigenvalue weighted by molar-refractivity contribution is 5.72. The number of nitriles is 1. The van der Waals surface area contributed by atoms with Gasteiger partial charge in [0, 0.05) is 23.4 Å². The van der Waals surface area contributed by atoms with Crippen LogP contribution in [-0.4, -0.2) is 9.91 Å². The molecular weight excluding hydrogens is 246 g/mol. The van der Waals surface area contributed by atoms with Crippen LogP contribution in [0.1, 0.15) is 11.3 Å². The normalized spacial score (nSPS) is 9.89. The Morgan fingerprint density at radius 3 is 2.74 bits per heavy atom. The average molecular weight is 255 g/mol. The molecule has 0 amide bonds. The maximum Gasteiger partial charge on any atom is 0.270 e. The quantitative estimate of drug-likeness (QED) is 0.656. The molecular formula is C13H9N3O3. The molecule has 0 aliphatic rings. The van der Waals surface area contributed by atoms with Crippen LogP contribution in [0.25, 0.3) is 11.1 Å². The van der Waals surface area contributed by atoms with Crippen molar-refractivity contribution in [1.29, 1.82) is 5.26 Å². The van der Waals surface area contributed by atoms with Gasteiger partial charge in [0.25, 0.3) is 11.2 Å². The Morgan fingerprint density at radius 1 is 1.37 bits per heavy atom. The van der Waals surface area contributed by atoms with E-state index < -0.39 is 10.5 Å². The van der Waals surface area contributed by atoms with Crippen LogP contribution in [0, 0.1) is 28.4 Å². The summed E-state index contributed by atoms with van der Waals surface area (Å²) in [6.45, 7) is 1.68. The lowest BCUT2D eigenvalue weighted by Crippen LogP contribution is -2.12. The number of hydrogen-bond donors (Lipinski definition) is 1. The van der Waals surface area contributed by atoms with E-state index in [1.54, 1.807) is 19.1 Å². The van der Waals surface area contributed by atoms with Gasteiger partial charge in [0.15, 0.2) is 0 Å². The number of hydrogen-bond acceptors (Lipinski definition) is 4. The number of nitrogens with zero attached hydrogens (tertiary/aromatic N) is 2. The van der Waals surface area contributed by atoms with Gasteiger partial charge in [-0.25, -0.2) is 0 Å². The lowest BCUT2D eigenvalue weighted by molar-refractivity contribution is -0.384. The third kappa shape index (κ3) is 2.35. The number of non-ortho nitro benzene ring substituents is 1. The van der Waals surface area contributed by atoms with Gasteiger partial charge in [0.2, 0.25) is 0 Å². The largest absolute Gasteiger partial charge is 0.325 e. The summed E-state index contributed by atoms with van der Waals surface area (Å²) >= 11 is 0. The molecule has 0 aliphatic heterocycles. The monoisotopic (exact) mass is 255 g/mol. The van der Waals surface area contributed by atoms with E-state index in [1.165, 1.54) is 18.2 Å². The molecule has 6 heteroatoms. The molecule has 2 aromatic rings. The fourth-order valence-corrected chi connectivity index (χ4v) is 1.81. The van der Waals surface area contributed by atoms with Crippen molar-refractivity contribution in [1.82, 2.24) is 4.98 Å². The van der Waals surface area contributed by atoms with Crippen LogP contribution in [0.15, 0.2) is 35.1 Å². The van der Waals surface area contributed by atoms with Crippen LogP contribution in [0.5, 0.6) is 0 Å². The van der Waals surface area contributed by atoms with E-state index in [0.717, 1.165) is 0 Å². The Hall–Kier alpha value is -2.94. The number of benzene rings is 1. The minimum Gasteiger partial charge on any atom is -0.325 e. The summed E-state index contributed by atoms with van der Waals surface area (Å²) in [7, 11) is 0. The molecule has 6 nitrogen and oxygen atoms in total. The van der Waals surface area contributed by atoms with Crippen molar-refractivity contribution >= 4 is 5.69 Å². The number of aromatic amines is 1. The first-order chi connectivity index (χ1) is 9.02. The summed E-state index contributed by atoms with van der Waals surface area (Å²) in [6, 6.07) is 9.29. The second-order valence-electron chi connectivity index (χ2n) is 3.99. The summed E-state index contributed by atoms with van der Waals surface area (Å²) < 4.78 is 0. The summed E-state index contributed by atoms with van der Waals surface area (Å²) in [5.74, 6) is 0. The van der Waals surface area contributed by atoms with Gasteiger partial charge in [0.1, 0.15) is 11.6 Å². The lowest BCUT2D eigenvalue weighted by Gasteiger charge is -2.05. The SMILES string of the molecule is Cc1cc(-c2cccc([N+](=O)[O-])c2)c(C#N)c(=O)[nH]1. The molecule has 0 unspecified atom stereocenters. The van der Waals surface area contributed by atoms with Crippen molar-refractivity contribution in [2.24, 2.45) is 0 Å². The zero-order chi connectivity index (χ0) is 14.0. The van der Waals surface area contributed by atoms with Gasteiger partial charge in [-0.2, -0.15) is 5.26 Å². The van der Waals surface area contributed by atoms with Crippen molar-refractivity contribution in [3.05, 3.63) is 62.1 Å². The molecule has 94 valence electrons. The summed E-state index contributed by atoms with van der Waals surface area (Å²) in [5.41, 5.74) is 0.826. The minimum atomic E-state index is -0.518. The highest BCUT2D eigenvalue weighted by Gasteiger charge is 2.13. The van der Waals surface area contributed by atoms with Gasteiger partial charge in [-0.3, -0.25) is 14.9 Å². The number of rotatable bonds is 2. The molecule has 1 N–H and O–H groups in total. The van der Waals surface area contributed by atoms with Gasteiger partial charge in [-0.05, 0) is 18.6 Å². The van der Waals surface area contributed by atoms with E-state index in [-0.39, 0.29) is 11.3 Å². The first-order valence-corrected chi connectivity index (χ1v) is 5.42. The van der Waals surface area contributed by atoms with E-state index in [4.69, 9.17) is 5.26 Å². The van der Waals surface area contributed by atoms with Crippen LogP contribution in [0.4, 0.5) is 5.69 Å². The molecule has 0 bridgehead atoms. The third-order valence-corrected chi connectivity index (χ3v) is 2.65. The van der Waals surface area contributed by atoms with Crippen LogP contribution < -0.4 is 5.56 Å². The minimum absolute atomic E-state index is 0.0499. The molecule has 1 heterocycles. The van der Waals surface area contributed by atoms with Crippen LogP contribution in [0.2, 0.25) is 0 Å². The van der Waals surface area contributed by atoms with E-state index in [0.29, 0.717) is 16.8 Å². The summed E-state index contributed by atoms with van der Waals surface area (Å²) in [4.78, 5) is 24.4. The number of nitrogens with one attached hydrogen (secondary N) is 1. The fraction of sp³-hybridized carbons (Fsp3) is 0.0769. The molecule has 1 aromatic heterocycles. The van der Waals surface area contributed by atoms with Crippen molar-refractivity contribution in [3.63, 3.8) is 0 Å². The maximum absolute atomic E-state index is 11.7. The zero-order valence-corrected chi connectivity index (χ0v) is 10.0. The highest BCUT2D eigenvalue weighted by atomic mass is 16.6. The molecule has 0 radical (unpaired) electrons. The summed E-state index contributed by atoms with van der Waals surface area (Å²) in [6.07, 6.45) is 0. The molecule has 19 heavy (non-hydrogen) atoms. The average Bonchev–Trinajstić information content (AvgIpc) is 2.38. The number of H-pyrrole nitrogens is 1. The number of aromatic nitrogens is 1. The fourth-order valence-electron chi connectivity index (χ4n) is 1.81. The molecule has 0 saturated heterocycles. The van der Waals surface area contributed by atoms with Crippen molar-refractivity contribution in [2.45, 2.75) is 6.92 Å². The predicted octanol–water partition coefficient (Wildman–Crippen LogP) is 2.13. The van der Waals surface area contributed by atoms with Gasteiger partial charge >= 0.3 is 0 Å². The van der Waals surface area contributed by atoms with E-state index in [9.17, 15) is 14.9 Å². The molecule has 0 atom stereocenters. The van der Waals surface area contributed by atoms with Gasteiger partial charge < -0.3 is 4.98 Å². The predicted molar refractivity (Wildman–Crippen MR) is 68.6 cm³/mol. The van der Waals surface area contributed by atoms with Gasteiger partial charge in [-0.1, -0.05) is 12.1 Å². The maximum atomic E-state index is 11.7. The van der Waals surface area contributed by atoms with Crippen LogP contribution >= 0.6 is 0 Å². The van der Waals surface area contributed by atoms with Crippen LogP contribution in [0.3, 0.4) is 0 Å². The molecule has 1 aromatic carbocycles. The Morgan fingerprint density at radius 2 is 2.11 bits per heavy atom. The van der Waals surface area contributed by atoms with E-state index >= 15 is 0 Å². The second-order valence-corrected chi connectivity index (χ2v) is 3.99. The van der Waals surface area contributed by atoms with Crippen LogP contribution in [-0.2, 0) is 0 Å². The topological polar surface area (TPSA) is 99.8 Å². The number of pyridine rings is 1. The molecule has 2 rings (SSSR count). The zero-order valence-electron chi connectivity index (χ0n) is 10.0. The number of nitro benzene ring substituents is 1. The number of nitro groups is 1. The van der Waals surface area contributed by atoms with Gasteiger partial charge in [0.05, 0.1) is 4.92 Å². The third-order valence-electron chi connectivity index (χ3n) is 2.65. The molecule has 0 saturated carbocycles. The molecule has 0 spiro atoms. The Labute approximate surface area is 108 Å². The van der Waals surface area contributed by atoms with Crippen molar-refractivity contribution < 1.29 is 4.92 Å². The van der Waals surface area contributed by atoms with Crippen molar-refractivity contribution in [3.8, 4) is 17.2 Å². The standard InChI is InChI=1S/C13H9N3O3/c1-8-5-11(12(7-14)13(17)15-8)9-3-2-4-10(6-9)16(18)19/h2-6H,1H3,(H,15,17). The Balaban J connectivity index is 2.72. The van der Waals surface area contributed by atoms with Gasteiger partial charge in [-0.15, -0.1) is 0 Å². The summed E-state index contributed by atoms with van der Waals surface area (Å²) in [5, 5.41) is 19.8. The Bertz CT molecular complexity index is 756. The molecule has 0 aliphatic carbocycles. The molecule has 0 fully saturated rings. The number of aryl methyl sites for hydroxylation is 1. The van der Waals surface area contributed by atoms with Crippen molar-refractivity contribution in [2.75, 3.05) is 0 Å². The van der Waals surface area contributed by atoms with E-state index in [1.807, 2.05) is 6.07 Å². The lowest BCUT2D eigenvalue weighted by atomic mass is 10.0.